The molecule has 8 N–H and O–H groups in total. The van der Waals surface area contributed by atoms with Gasteiger partial charge >= 0.3 is 5.97 Å². The van der Waals surface area contributed by atoms with Gasteiger partial charge in [-0.15, -0.1) is 0 Å². The highest BCUT2D eigenvalue weighted by Gasteiger charge is 2.41. The molecule has 1 heterocycles. The number of methoxy groups -OCH3 is 1. The van der Waals surface area contributed by atoms with E-state index in [-0.39, 0.29) is 38.0 Å². The lowest BCUT2D eigenvalue weighted by molar-refractivity contribution is -0.154. The lowest BCUT2D eigenvalue weighted by atomic mass is 9.96. The zero-order valence-electron chi connectivity index (χ0n) is 41.9. The smallest absolute Gasteiger partial charge is 0.328 e. The fourth-order valence-corrected chi connectivity index (χ4v) is 8.32. The highest BCUT2D eigenvalue weighted by atomic mass is 16.5. The Hall–Kier alpha value is -6.41. The summed E-state index contributed by atoms with van der Waals surface area (Å²) in [4.78, 5) is 125. The number of benzene rings is 2. The topological polar surface area (TPSA) is 287 Å². The fraction of sp³-hybridized carbons (Fsp3) is 0.580. The van der Waals surface area contributed by atoms with Crippen molar-refractivity contribution >= 4 is 53.2 Å². The van der Waals surface area contributed by atoms with Crippen LogP contribution in [-0.2, 0) is 60.7 Å². The average molecular weight is 979 g/mol. The number of primary amides is 1. The van der Waals surface area contributed by atoms with Crippen LogP contribution in [-0.4, -0.2) is 160 Å². The molecule has 1 aliphatic rings. The van der Waals surface area contributed by atoms with Crippen LogP contribution in [0.2, 0.25) is 0 Å². The van der Waals surface area contributed by atoms with Gasteiger partial charge in [-0.25, -0.2) is 4.79 Å². The Bertz CT molecular complexity index is 2110. The predicted molar refractivity (Wildman–Crippen MR) is 259 cm³/mol. The molecular formula is C50H74N8O12. The Morgan fingerprint density at radius 2 is 1.31 bits per heavy atom. The molecule has 20 nitrogen and oxygen atoms in total. The van der Waals surface area contributed by atoms with Crippen molar-refractivity contribution in [2.24, 2.45) is 17.6 Å². The normalized spacial score (nSPS) is 16.9. The number of likely N-dealkylation sites (tertiary alicyclic amines) is 1. The number of amides is 8. The monoisotopic (exact) mass is 979 g/mol. The number of aliphatic hydroxyl groups excluding tert-OH is 2. The van der Waals surface area contributed by atoms with Crippen molar-refractivity contribution in [3.05, 3.63) is 71.8 Å². The number of nitrogens with two attached hydrogens (primary N) is 1. The number of esters is 1. The maximum Gasteiger partial charge on any atom is 0.328 e. The molecule has 2 aromatic carbocycles. The number of carbonyl (C=O) groups excluding carboxylic acids is 9. The number of hydrogen-bond acceptors (Lipinski definition) is 12. The minimum absolute atomic E-state index is 0.0121. The second-order valence-corrected chi connectivity index (χ2v) is 18.8. The summed E-state index contributed by atoms with van der Waals surface area (Å²) in [7, 11) is 4.02. The van der Waals surface area contributed by atoms with Crippen LogP contribution in [0.15, 0.2) is 60.7 Å². The predicted octanol–water partition coefficient (Wildman–Crippen LogP) is 0.348. The van der Waals surface area contributed by atoms with Gasteiger partial charge in [-0.05, 0) is 68.9 Å². The van der Waals surface area contributed by atoms with Crippen LogP contribution >= 0.6 is 0 Å². The largest absolute Gasteiger partial charge is 0.467 e. The van der Waals surface area contributed by atoms with E-state index >= 15 is 0 Å². The zero-order chi connectivity index (χ0) is 52.4. The maximum atomic E-state index is 14.2. The van der Waals surface area contributed by atoms with E-state index in [1.807, 2.05) is 32.0 Å². The maximum absolute atomic E-state index is 14.2. The lowest BCUT2D eigenvalue weighted by Gasteiger charge is -2.34. The van der Waals surface area contributed by atoms with Crippen LogP contribution in [0.3, 0.4) is 0 Å². The second kappa shape index (κ2) is 27.7. The Balaban J connectivity index is 1.83. The number of aliphatic hydroxyl groups is 2. The summed E-state index contributed by atoms with van der Waals surface area (Å²) in [5.41, 5.74) is 6.88. The highest BCUT2D eigenvalue weighted by Crippen LogP contribution is 2.23. The first-order chi connectivity index (χ1) is 33.0. The van der Waals surface area contributed by atoms with Gasteiger partial charge in [-0.1, -0.05) is 88.4 Å². The molecule has 386 valence electrons. The molecule has 0 aliphatic carbocycles. The van der Waals surface area contributed by atoms with E-state index in [2.05, 4.69) is 21.3 Å². The van der Waals surface area contributed by atoms with Gasteiger partial charge in [0.05, 0.1) is 25.7 Å². The Morgan fingerprint density at radius 3 is 1.84 bits per heavy atom. The van der Waals surface area contributed by atoms with Gasteiger partial charge in [0, 0.05) is 33.5 Å². The van der Waals surface area contributed by atoms with Gasteiger partial charge in [-0.3, -0.25) is 38.4 Å². The van der Waals surface area contributed by atoms with Crippen molar-refractivity contribution in [1.29, 1.82) is 0 Å². The van der Waals surface area contributed by atoms with Gasteiger partial charge < -0.3 is 56.7 Å². The molecule has 20 heteroatoms. The fourth-order valence-electron chi connectivity index (χ4n) is 8.32. The summed E-state index contributed by atoms with van der Waals surface area (Å²) >= 11 is 0. The van der Waals surface area contributed by atoms with Crippen molar-refractivity contribution in [1.82, 2.24) is 36.0 Å². The number of rotatable bonds is 26. The van der Waals surface area contributed by atoms with E-state index in [4.69, 9.17) is 10.5 Å². The van der Waals surface area contributed by atoms with E-state index in [9.17, 15) is 53.4 Å². The summed E-state index contributed by atoms with van der Waals surface area (Å²) in [5, 5.41) is 32.1. The number of ether oxygens (including phenoxy) is 1. The molecule has 2 aromatic rings. The number of likely N-dealkylation sites (N-methyl/N-ethyl adjacent to an activating group) is 2. The third-order valence-electron chi connectivity index (χ3n) is 12.3. The molecule has 7 unspecified atom stereocenters. The van der Waals surface area contributed by atoms with Gasteiger partial charge in [0.15, 0.2) is 0 Å². The molecule has 0 bridgehead atoms. The van der Waals surface area contributed by atoms with Crippen molar-refractivity contribution < 1.29 is 58.1 Å². The van der Waals surface area contributed by atoms with Gasteiger partial charge in [0.25, 0.3) is 0 Å². The average Bonchev–Trinajstić information content (AvgIpc) is 3.81. The second-order valence-electron chi connectivity index (χ2n) is 18.8. The Kier molecular flexibility index (Phi) is 22.9. The highest BCUT2D eigenvalue weighted by molar-refractivity contribution is 5.96. The van der Waals surface area contributed by atoms with Gasteiger partial charge in [0.1, 0.15) is 42.4 Å². The van der Waals surface area contributed by atoms with Crippen LogP contribution in [0.1, 0.15) is 91.2 Å². The first-order valence-corrected chi connectivity index (χ1v) is 23.8. The summed E-state index contributed by atoms with van der Waals surface area (Å²) in [6.45, 7) is 9.97. The summed E-state index contributed by atoms with van der Waals surface area (Å²) < 4.78 is 4.95. The molecule has 1 aliphatic heterocycles. The number of hydrogen-bond donors (Lipinski definition) is 7. The quantitative estimate of drug-likeness (QED) is 0.0629. The third kappa shape index (κ3) is 17.2. The molecule has 0 spiro atoms. The van der Waals surface area contributed by atoms with Crippen LogP contribution < -0.4 is 27.0 Å². The number of carbonyl (C=O) groups is 9. The first-order valence-electron chi connectivity index (χ1n) is 23.8. The molecule has 0 aromatic heterocycles. The van der Waals surface area contributed by atoms with Crippen LogP contribution in [0, 0.1) is 11.8 Å². The van der Waals surface area contributed by atoms with Crippen molar-refractivity contribution in [2.45, 2.75) is 147 Å². The molecule has 1 fully saturated rings. The molecule has 70 heavy (non-hydrogen) atoms. The van der Waals surface area contributed by atoms with Crippen LogP contribution in [0.4, 0.5) is 0 Å². The molecule has 1 saturated heterocycles. The number of nitrogens with one attached hydrogen (secondary N) is 4. The van der Waals surface area contributed by atoms with Crippen molar-refractivity contribution in [3.63, 3.8) is 0 Å². The molecular weight excluding hydrogens is 905 g/mol. The first kappa shape index (κ1) is 57.9. The van der Waals surface area contributed by atoms with E-state index < -0.39 is 120 Å². The van der Waals surface area contributed by atoms with E-state index in [0.29, 0.717) is 24.9 Å². The molecule has 9 atom stereocenters. The van der Waals surface area contributed by atoms with E-state index in [1.165, 1.54) is 44.9 Å². The molecule has 3 rings (SSSR count). The molecule has 0 saturated carbocycles. The van der Waals surface area contributed by atoms with Crippen molar-refractivity contribution in [3.8, 4) is 0 Å². The van der Waals surface area contributed by atoms with E-state index in [1.54, 1.807) is 56.3 Å². The van der Waals surface area contributed by atoms with E-state index in [0.717, 1.165) is 10.5 Å². The third-order valence-corrected chi connectivity index (χ3v) is 12.3. The number of nitrogens with zero attached hydrogens (tertiary/aromatic N) is 3. The summed E-state index contributed by atoms with van der Waals surface area (Å²) in [5.74, 6) is -6.73. The Morgan fingerprint density at radius 1 is 0.743 bits per heavy atom. The van der Waals surface area contributed by atoms with Crippen LogP contribution in [0.25, 0.3) is 0 Å². The Labute approximate surface area is 410 Å². The van der Waals surface area contributed by atoms with Crippen LogP contribution in [0.5, 0.6) is 0 Å². The SMILES string of the molecule is COC(=O)C1CCCN1C(=O)C(Cc1ccccc1)N(C)C(=O)[C@H](C)NC(=O)C(CC(C)C)NC(=O)CC(O)[C@H](Cc1ccccc1)NC(=O)C(CCC(N)=O)N(C)C(=O)C(NC(=O)C(C)O)C(C)C. The van der Waals surface area contributed by atoms with Gasteiger partial charge in [0.2, 0.25) is 47.3 Å². The summed E-state index contributed by atoms with van der Waals surface area (Å²) in [6.07, 6.45) is -2.88. The molecule has 0 radical (unpaired) electrons. The molecule has 8 amide bonds. The lowest BCUT2D eigenvalue weighted by Crippen LogP contribution is -2.59. The van der Waals surface area contributed by atoms with Crippen molar-refractivity contribution in [2.75, 3.05) is 27.7 Å². The minimum Gasteiger partial charge on any atom is -0.467 e. The zero-order valence-corrected chi connectivity index (χ0v) is 41.9. The minimum atomic E-state index is -1.57. The van der Waals surface area contributed by atoms with Gasteiger partial charge in [-0.2, -0.15) is 0 Å². The summed E-state index contributed by atoms with van der Waals surface area (Å²) in [6, 6.07) is 9.96. The standard InChI is InChI=1S/C50H74N8O12/c1-29(2)25-36(45(64)52-31(5)47(66)57(8)39(27-34-19-14-11-15-20-34)48(67)58-24-16-21-38(58)50(69)70-9)53-42(62)28-40(60)35(26-33-17-12-10-13-18-33)54-46(65)37(22-23-41(51)61)56(7)49(68)43(30(3)4)55-44(63)32(6)59/h10-15,17-20,29-32,35-40,43,59-60H,16,21-28H2,1-9H3,(H2,51,61)(H,52,64)(H,53,62)(H,54,65)(H,55,63)/t31-,32?,35-,36?,37?,38?,39?,40?,43?/m0/s1.